The minimum atomic E-state index is -0.415. The first kappa shape index (κ1) is 11.8. The molecular weight excluding hydrogens is 188 g/mol. The molecule has 0 N–H and O–H groups in total. The van der Waals surface area contributed by atoms with Crippen LogP contribution in [0.5, 0.6) is 0 Å². The summed E-state index contributed by atoms with van der Waals surface area (Å²) in [4.78, 5) is 2.03. The minimum Gasteiger partial charge on any atom is -0.466 e. The highest BCUT2D eigenvalue weighted by Crippen LogP contribution is 2.13. The number of nitrogens with zero attached hydrogens (tertiary/aromatic N) is 2. The molecule has 0 bridgehead atoms. The molecule has 0 aliphatic carbocycles. The van der Waals surface area contributed by atoms with Crippen LogP contribution in [-0.2, 0) is 6.42 Å². The first-order valence-corrected chi connectivity index (χ1v) is 5.13. The van der Waals surface area contributed by atoms with Crippen LogP contribution in [0.25, 0.3) is 0 Å². The monoisotopic (exact) mass is 206 g/mol. The molecule has 3 heteroatoms. The second-order valence-corrected chi connectivity index (χ2v) is 4.35. The lowest BCUT2D eigenvalue weighted by Gasteiger charge is -2.28. The van der Waals surface area contributed by atoms with Gasteiger partial charge in [-0.05, 0) is 40.0 Å². The number of likely N-dealkylation sites (N-methyl/N-ethyl adjacent to an activating group) is 1. The van der Waals surface area contributed by atoms with Crippen LogP contribution in [0.4, 0.5) is 0 Å². The van der Waals surface area contributed by atoms with Gasteiger partial charge < -0.3 is 4.42 Å². The molecule has 1 heterocycles. The number of aryl methyl sites for hydroxylation is 1. The van der Waals surface area contributed by atoms with Gasteiger partial charge in [0.1, 0.15) is 17.1 Å². The van der Waals surface area contributed by atoms with Crippen LogP contribution in [0.1, 0.15) is 25.4 Å². The molecule has 0 saturated heterocycles. The molecular formula is C12H18N2O. The molecule has 0 aliphatic rings. The van der Waals surface area contributed by atoms with Crippen molar-refractivity contribution in [1.82, 2.24) is 4.90 Å². The standard InChI is InChI=1S/C12H18N2O/c1-10-5-6-11(15-10)7-8-14(4)12(2,3)9-13/h5-6H,7-8H2,1-4H3. The summed E-state index contributed by atoms with van der Waals surface area (Å²) in [7, 11) is 1.96. The largest absolute Gasteiger partial charge is 0.466 e. The predicted octanol–water partition coefficient (Wildman–Crippen LogP) is 2.36. The van der Waals surface area contributed by atoms with E-state index >= 15 is 0 Å². The van der Waals surface area contributed by atoms with Gasteiger partial charge in [0.15, 0.2) is 0 Å². The number of hydrogen-bond donors (Lipinski definition) is 0. The third-order valence-corrected chi connectivity index (χ3v) is 2.72. The molecule has 0 fully saturated rings. The Hall–Kier alpha value is -1.27. The minimum absolute atomic E-state index is 0.415. The highest BCUT2D eigenvalue weighted by molar-refractivity contribution is 5.07. The molecule has 0 aromatic carbocycles. The first-order valence-electron chi connectivity index (χ1n) is 5.13. The van der Waals surface area contributed by atoms with Crippen LogP contribution in [-0.4, -0.2) is 24.0 Å². The molecule has 0 radical (unpaired) electrons. The summed E-state index contributed by atoms with van der Waals surface area (Å²) in [6.07, 6.45) is 0.843. The molecule has 0 saturated carbocycles. The van der Waals surface area contributed by atoms with Crippen LogP contribution in [0.2, 0.25) is 0 Å². The van der Waals surface area contributed by atoms with E-state index in [1.54, 1.807) is 0 Å². The zero-order chi connectivity index (χ0) is 11.5. The van der Waals surface area contributed by atoms with Crippen molar-refractivity contribution in [2.75, 3.05) is 13.6 Å². The summed E-state index contributed by atoms with van der Waals surface area (Å²) in [5.74, 6) is 1.92. The van der Waals surface area contributed by atoms with Gasteiger partial charge in [-0.1, -0.05) is 0 Å². The molecule has 0 spiro atoms. The highest BCUT2D eigenvalue weighted by Gasteiger charge is 2.22. The molecule has 0 unspecified atom stereocenters. The normalized spacial score (nSPS) is 11.7. The van der Waals surface area contributed by atoms with E-state index in [1.807, 2.05) is 44.9 Å². The summed E-state index contributed by atoms with van der Waals surface area (Å²) in [5.41, 5.74) is -0.415. The van der Waals surface area contributed by atoms with Crippen LogP contribution in [0.15, 0.2) is 16.5 Å². The summed E-state index contributed by atoms with van der Waals surface area (Å²) < 4.78 is 5.47. The Morgan fingerprint density at radius 3 is 2.60 bits per heavy atom. The molecule has 0 amide bonds. The van der Waals surface area contributed by atoms with E-state index in [0.717, 1.165) is 24.5 Å². The quantitative estimate of drug-likeness (QED) is 0.759. The van der Waals surface area contributed by atoms with Crippen molar-refractivity contribution in [2.45, 2.75) is 32.7 Å². The Bertz CT molecular complexity index is 360. The van der Waals surface area contributed by atoms with Gasteiger partial charge in [0.2, 0.25) is 0 Å². The van der Waals surface area contributed by atoms with Crippen LogP contribution >= 0.6 is 0 Å². The van der Waals surface area contributed by atoms with Crippen LogP contribution in [0, 0.1) is 18.3 Å². The van der Waals surface area contributed by atoms with Crippen LogP contribution < -0.4 is 0 Å². The Morgan fingerprint density at radius 2 is 2.13 bits per heavy atom. The van der Waals surface area contributed by atoms with Gasteiger partial charge in [-0.2, -0.15) is 5.26 Å². The third-order valence-electron chi connectivity index (χ3n) is 2.72. The molecule has 3 nitrogen and oxygen atoms in total. The van der Waals surface area contributed by atoms with Crippen molar-refractivity contribution in [3.05, 3.63) is 23.7 Å². The molecule has 0 aliphatic heterocycles. The fourth-order valence-electron chi connectivity index (χ4n) is 1.26. The Morgan fingerprint density at radius 1 is 1.47 bits per heavy atom. The van der Waals surface area contributed by atoms with E-state index < -0.39 is 5.54 Å². The topological polar surface area (TPSA) is 40.2 Å². The van der Waals surface area contributed by atoms with Crippen molar-refractivity contribution >= 4 is 0 Å². The lowest BCUT2D eigenvalue weighted by molar-refractivity contribution is 0.210. The van der Waals surface area contributed by atoms with Gasteiger partial charge >= 0.3 is 0 Å². The Kier molecular flexibility index (Phi) is 3.54. The fraction of sp³-hybridized carbons (Fsp3) is 0.583. The molecule has 1 aromatic heterocycles. The smallest absolute Gasteiger partial charge is 0.105 e. The molecule has 15 heavy (non-hydrogen) atoms. The van der Waals surface area contributed by atoms with Gasteiger partial charge in [-0.3, -0.25) is 4.90 Å². The van der Waals surface area contributed by atoms with Crippen molar-refractivity contribution < 1.29 is 4.42 Å². The molecule has 0 atom stereocenters. The maximum absolute atomic E-state index is 8.95. The second-order valence-electron chi connectivity index (χ2n) is 4.35. The van der Waals surface area contributed by atoms with Crippen molar-refractivity contribution in [3.8, 4) is 6.07 Å². The average Bonchev–Trinajstić information content (AvgIpc) is 2.60. The van der Waals surface area contributed by atoms with E-state index in [4.69, 9.17) is 9.68 Å². The predicted molar refractivity (Wildman–Crippen MR) is 59.5 cm³/mol. The third kappa shape index (κ3) is 3.10. The van der Waals surface area contributed by atoms with E-state index in [-0.39, 0.29) is 0 Å². The maximum Gasteiger partial charge on any atom is 0.105 e. The zero-order valence-corrected chi connectivity index (χ0v) is 9.87. The molecule has 1 rings (SSSR count). The van der Waals surface area contributed by atoms with E-state index in [9.17, 15) is 0 Å². The SMILES string of the molecule is Cc1ccc(CCN(C)C(C)(C)C#N)o1. The second kappa shape index (κ2) is 4.50. The van der Waals surface area contributed by atoms with E-state index in [1.165, 1.54) is 0 Å². The summed E-state index contributed by atoms with van der Waals surface area (Å²) in [6.45, 7) is 6.60. The lowest BCUT2D eigenvalue weighted by Crippen LogP contribution is -2.40. The van der Waals surface area contributed by atoms with Gasteiger partial charge in [0, 0.05) is 13.0 Å². The first-order chi connectivity index (χ1) is 6.95. The van der Waals surface area contributed by atoms with Gasteiger partial charge in [-0.25, -0.2) is 0 Å². The highest BCUT2D eigenvalue weighted by atomic mass is 16.3. The summed E-state index contributed by atoms with van der Waals surface area (Å²) >= 11 is 0. The number of nitriles is 1. The Labute approximate surface area is 91.3 Å². The summed E-state index contributed by atoms with van der Waals surface area (Å²) in [6, 6.07) is 6.23. The molecule has 82 valence electrons. The summed E-state index contributed by atoms with van der Waals surface area (Å²) in [5, 5.41) is 8.95. The van der Waals surface area contributed by atoms with E-state index in [0.29, 0.717) is 0 Å². The zero-order valence-electron chi connectivity index (χ0n) is 9.87. The van der Waals surface area contributed by atoms with Crippen molar-refractivity contribution in [3.63, 3.8) is 0 Å². The average molecular weight is 206 g/mol. The van der Waals surface area contributed by atoms with E-state index in [2.05, 4.69) is 6.07 Å². The Balaban J connectivity index is 2.48. The molecule has 1 aromatic rings. The van der Waals surface area contributed by atoms with Crippen molar-refractivity contribution in [1.29, 1.82) is 5.26 Å². The number of rotatable bonds is 4. The van der Waals surface area contributed by atoms with Gasteiger partial charge in [-0.15, -0.1) is 0 Å². The van der Waals surface area contributed by atoms with Crippen molar-refractivity contribution in [2.24, 2.45) is 0 Å². The maximum atomic E-state index is 8.95. The van der Waals surface area contributed by atoms with Crippen LogP contribution in [0.3, 0.4) is 0 Å². The fourth-order valence-corrected chi connectivity index (χ4v) is 1.26. The van der Waals surface area contributed by atoms with Gasteiger partial charge in [0.05, 0.1) is 6.07 Å². The van der Waals surface area contributed by atoms with Gasteiger partial charge in [0.25, 0.3) is 0 Å². The number of furan rings is 1. The lowest BCUT2D eigenvalue weighted by atomic mass is 10.1. The number of hydrogen-bond acceptors (Lipinski definition) is 3.